The molecule has 0 fully saturated rings. The zero-order valence-electron chi connectivity index (χ0n) is 9.91. The maximum Gasteiger partial charge on any atom is 0.342 e. The fourth-order valence-corrected chi connectivity index (χ4v) is 2.67. The highest BCUT2D eigenvalue weighted by Crippen LogP contribution is 2.43. The van der Waals surface area contributed by atoms with Gasteiger partial charge in [0, 0.05) is 6.54 Å². The maximum atomic E-state index is 11.2. The summed E-state index contributed by atoms with van der Waals surface area (Å²) in [5, 5.41) is 2.91. The van der Waals surface area contributed by atoms with Gasteiger partial charge in [-0.1, -0.05) is 44.2 Å². The van der Waals surface area contributed by atoms with Crippen molar-refractivity contribution in [1.29, 1.82) is 0 Å². The van der Waals surface area contributed by atoms with Crippen LogP contribution in [0, 0.1) is 5.92 Å². The zero-order chi connectivity index (χ0) is 12.2. The van der Waals surface area contributed by atoms with Crippen LogP contribution >= 0.6 is 20.0 Å². The van der Waals surface area contributed by atoms with E-state index in [1.807, 2.05) is 30.3 Å². The first-order chi connectivity index (χ1) is 7.41. The number of benzene rings is 1. The number of rotatable bonds is 5. The standard InChI is InChI=1S/C11H18NO3P.ClH/c1-9(2)11(16(13,14)15)12-8-10-6-4-3-5-7-10;/h3-7,9,11-12H,8H2,1-2H3,(H2,13,14,15);1H. The summed E-state index contributed by atoms with van der Waals surface area (Å²) in [6, 6.07) is 9.55. The van der Waals surface area contributed by atoms with Gasteiger partial charge in [-0.3, -0.25) is 9.88 Å². The predicted molar refractivity (Wildman–Crippen MR) is 71.2 cm³/mol. The third-order valence-electron chi connectivity index (χ3n) is 2.35. The minimum atomic E-state index is -4.08. The van der Waals surface area contributed by atoms with Crippen molar-refractivity contribution in [2.24, 2.45) is 5.92 Å². The number of hydrogen-bond acceptors (Lipinski definition) is 2. The Hall–Kier alpha value is -0.380. The van der Waals surface area contributed by atoms with Crippen LogP contribution in [0.2, 0.25) is 0 Å². The molecule has 0 saturated heterocycles. The van der Waals surface area contributed by atoms with Gasteiger partial charge in [-0.05, 0) is 11.5 Å². The van der Waals surface area contributed by atoms with Crippen molar-refractivity contribution in [3.05, 3.63) is 35.9 Å². The van der Waals surface area contributed by atoms with Crippen LogP contribution in [0.4, 0.5) is 0 Å². The maximum absolute atomic E-state index is 11.2. The van der Waals surface area contributed by atoms with E-state index in [2.05, 4.69) is 5.32 Å². The lowest BCUT2D eigenvalue weighted by molar-refractivity contribution is 0.323. The van der Waals surface area contributed by atoms with Crippen LogP contribution in [0.15, 0.2) is 30.3 Å². The lowest BCUT2D eigenvalue weighted by Crippen LogP contribution is -2.33. The van der Waals surface area contributed by atoms with Gasteiger partial charge in [0.2, 0.25) is 0 Å². The Morgan fingerprint density at radius 3 is 2.18 bits per heavy atom. The molecule has 0 saturated carbocycles. The van der Waals surface area contributed by atoms with E-state index in [9.17, 15) is 14.4 Å². The Balaban J connectivity index is 0.00000256. The van der Waals surface area contributed by atoms with E-state index in [-0.39, 0.29) is 18.3 Å². The van der Waals surface area contributed by atoms with E-state index in [0.717, 1.165) is 5.56 Å². The average molecular weight is 280 g/mol. The summed E-state index contributed by atoms with van der Waals surface area (Å²) in [4.78, 5) is 18.3. The molecule has 4 nitrogen and oxygen atoms in total. The van der Waals surface area contributed by atoms with Crippen molar-refractivity contribution in [1.82, 2.24) is 5.32 Å². The van der Waals surface area contributed by atoms with Gasteiger partial charge < -0.3 is 9.79 Å². The minimum Gasteiger partial charge on any atom is -0.323 e. The zero-order valence-corrected chi connectivity index (χ0v) is 11.6. The molecule has 17 heavy (non-hydrogen) atoms. The fraction of sp³-hybridized carbons (Fsp3) is 0.455. The van der Waals surface area contributed by atoms with Crippen molar-refractivity contribution in [2.45, 2.75) is 26.2 Å². The van der Waals surface area contributed by atoms with Crippen molar-refractivity contribution >= 4 is 20.0 Å². The first kappa shape index (κ1) is 16.6. The molecule has 3 N–H and O–H groups in total. The summed E-state index contributed by atoms with van der Waals surface area (Å²) in [5.41, 5.74) is 1.02. The fourth-order valence-electron chi connectivity index (χ4n) is 1.56. The molecular formula is C11H19ClNO3P. The molecule has 0 radical (unpaired) electrons. The summed E-state index contributed by atoms with van der Waals surface area (Å²) in [5.74, 6) is -0.891. The van der Waals surface area contributed by atoms with Crippen LogP contribution in [-0.4, -0.2) is 15.6 Å². The number of hydrogen-bond donors (Lipinski definition) is 3. The van der Waals surface area contributed by atoms with E-state index < -0.39 is 13.4 Å². The molecular weight excluding hydrogens is 261 g/mol. The van der Waals surface area contributed by atoms with Gasteiger partial charge >= 0.3 is 7.60 Å². The Bertz CT molecular complexity index is 366. The largest absolute Gasteiger partial charge is 0.342 e. The molecule has 6 heteroatoms. The van der Waals surface area contributed by atoms with E-state index in [1.165, 1.54) is 0 Å². The second kappa shape index (κ2) is 7.14. The van der Waals surface area contributed by atoms with Gasteiger partial charge in [0.25, 0.3) is 0 Å². The highest BCUT2D eigenvalue weighted by molar-refractivity contribution is 7.52. The highest BCUT2D eigenvalue weighted by atomic mass is 35.5. The summed E-state index contributed by atoms with van der Waals surface area (Å²) in [6.07, 6.45) is 0. The smallest absolute Gasteiger partial charge is 0.323 e. The van der Waals surface area contributed by atoms with E-state index in [0.29, 0.717) is 6.54 Å². The van der Waals surface area contributed by atoms with Crippen LogP contribution in [0.5, 0.6) is 0 Å². The minimum absolute atomic E-state index is 0. The number of nitrogens with one attached hydrogen (secondary N) is 1. The Kier molecular flexibility index (Phi) is 6.98. The molecule has 0 aliphatic heterocycles. The first-order valence-electron chi connectivity index (χ1n) is 5.24. The van der Waals surface area contributed by atoms with Gasteiger partial charge in [-0.25, -0.2) is 0 Å². The Labute approximate surface area is 108 Å². The van der Waals surface area contributed by atoms with Crippen LogP contribution < -0.4 is 5.32 Å². The normalized spacial score (nSPS) is 13.2. The summed E-state index contributed by atoms with van der Waals surface area (Å²) < 4.78 is 11.2. The average Bonchev–Trinajstić information content (AvgIpc) is 2.17. The molecule has 0 aromatic heterocycles. The third kappa shape index (κ3) is 5.66. The number of halogens is 1. The Morgan fingerprint density at radius 2 is 1.76 bits per heavy atom. The second-order valence-corrected chi connectivity index (χ2v) is 5.88. The van der Waals surface area contributed by atoms with Crippen LogP contribution in [-0.2, 0) is 11.1 Å². The van der Waals surface area contributed by atoms with Crippen molar-refractivity contribution in [2.75, 3.05) is 0 Å². The molecule has 0 heterocycles. The summed E-state index contributed by atoms with van der Waals surface area (Å²) in [6.45, 7) is 4.05. The van der Waals surface area contributed by atoms with Crippen LogP contribution in [0.3, 0.4) is 0 Å². The molecule has 0 amide bonds. The molecule has 0 aliphatic carbocycles. The molecule has 1 aromatic carbocycles. The predicted octanol–water partition coefficient (Wildman–Crippen LogP) is 2.36. The molecule has 0 bridgehead atoms. The van der Waals surface area contributed by atoms with Gasteiger partial charge in [0.1, 0.15) is 5.78 Å². The molecule has 0 aliphatic rings. The van der Waals surface area contributed by atoms with E-state index >= 15 is 0 Å². The molecule has 1 rings (SSSR count). The lowest BCUT2D eigenvalue weighted by atomic mass is 10.2. The van der Waals surface area contributed by atoms with Crippen molar-refractivity contribution < 1.29 is 14.4 Å². The second-order valence-electron chi connectivity index (χ2n) is 4.14. The monoisotopic (exact) mass is 279 g/mol. The van der Waals surface area contributed by atoms with Crippen LogP contribution in [0.25, 0.3) is 0 Å². The van der Waals surface area contributed by atoms with Gasteiger partial charge in [0.05, 0.1) is 0 Å². The quantitative estimate of drug-likeness (QED) is 0.724. The van der Waals surface area contributed by atoms with Crippen molar-refractivity contribution in [3.63, 3.8) is 0 Å². The van der Waals surface area contributed by atoms with E-state index in [4.69, 9.17) is 0 Å². The lowest BCUT2D eigenvalue weighted by Gasteiger charge is -2.23. The highest BCUT2D eigenvalue weighted by Gasteiger charge is 2.30. The van der Waals surface area contributed by atoms with Gasteiger partial charge in [0.15, 0.2) is 0 Å². The topological polar surface area (TPSA) is 69.6 Å². The molecule has 1 atom stereocenters. The third-order valence-corrected chi connectivity index (χ3v) is 3.86. The molecule has 1 unspecified atom stereocenters. The molecule has 98 valence electrons. The summed E-state index contributed by atoms with van der Waals surface area (Å²) >= 11 is 0. The summed E-state index contributed by atoms with van der Waals surface area (Å²) in [7, 11) is -4.08. The molecule has 1 aromatic rings. The van der Waals surface area contributed by atoms with Gasteiger partial charge in [-0.15, -0.1) is 12.4 Å². The van der Waals surface area contributed by atoms with Crippen LogP contribution in [0.1, 0.15) is 19.4 Å². The Morgan fingerprint density at radius 1 is 1.24 bits per heavy atom. The van der Waals surface area contributed by atoms with Gasteiger partial charge in [-0.2, -0.15) is 0 Å². The van der Waals surface area contributed by atoms with E-state index in [1.54, 1.807) is 13.8 Å². The molecule has 0 spiro atoms. The van der Waals surface area contributed by atoms with Crippen molar-refractivity contribution in [3.8, 4) is 0 Å². The first-order valence-corrected chi connectivity index (χ1v) is 6.92. The SMILES string of the molecule is CC(C)C(NCc1ccccc1)P(=O)(O)O.Cl.